The first kappa shape index (κ1) is 10.1. The van der Waals surface area contributed by atoms with Crippen LogP contribution in [0.3, 0.4) is 0 Å². The lowest BCUT2D eigenvalue weighted by Crippen LogP contribution is -2.32. The molecule has 0 bridgehead atoms. The van der Waals surface area contributed by atoms with Gasteiger partial charge in [-0.3, -0.25) is 9.78 Å². The third-order valence-corrected chi connectivity index (χ3v) is 3.06. The summed E-state index contributed by atoms with van der Waals surface area (Å²) in [7, 11) is 0. The second-order valence-corrected chi connectivity index (χ2v) is 4.08. The van der Waals surface area contributed by atoms with E-state index in [2.05, 4.69) is 24.1 Å². The predicted molar refractivity (Wildman–Crippen MR) is 59.0 cm³/mol. The first-order chi connectivity index (χ1) is 7.22. The van der Waals surface area contributed by atoms with Crippen LogP contribution in [0.1, 0.15) is 47.8 Å². The molecule has 1 aliphatic heterocycles. The number of fused-ring (bicyclic) bond motifs is 1. The minimum absolute atomic E-state index is 0.0221. The summed E-state index contributed by atoms with van der Waals surface area (Å²) in [6.07, 6.45) is 3.83. The van der Waals surface area contributed by atoms with E-state index in [0.717, 1.165) is 29.7 Å². The van der Waals surface area contributed by atoms with Crippen LogP contribution in [0.25, 0.3) is 0 Å². The van der Waals surface area contributed by atoms with Crippen LogP contribution in [0.4, 0.5) is 0 Å². The molecule has 2 rings (SSSR count). The van der Waals surface area contributed by atoms with Crippen molar-refractivity contribution in [3.05, 3.63) is 29.1 Å². The molecular formula is C12H16N2O. The van der Waals surface area contributed by atoms with E-state index in [1.54, 1.807) is 0 Å². The summed E-state index contributed by atoms with van der Waals surface area (Å²) in [5.41, 5.74) is 2.86. The summed E-state index contributed by atoms with van der Waals surface area (Å²) >= 11 is 0. The molecule has 1 aromatic rings. The highest BCUT2D eigenvalue weighted by Crippen LogP contribution is 2.21. The second kappa shape index (κ2) is 4.01. The molecule has 3 heteroatoms. The Kier molecular flexibility index (Phi) is 2.71. The highest BCUT2D eigenvalue weighted by Gasteiger charge is 2.18. The van der Waals surface area contributed by atoms with Crippen molar-refractivity contribution in [2.24, 2.45) is 0 Å². The fraction of sp³-hybridized carbons (Fsp3) is 0.500. The molecule has 80 valence electrons. The summed E-state index contributed by atoms with van der Waals surface area (Å²) in [5.74, 6) is 0.492. The van der Waals surface area contributed by atoms with Gasteiger partial charge in [-0.1, -0.05) is 13.8 Å². The van der Waals surface area contributed by atoms with Crippen molar-refractivity contribution in [1.29, 1.82) is 0 Å². The normalized spacial score (nSPS) is 16.8. The Morgan fingerprint density at radius 2 is 2.40 bits per heavy atom. The summed E-state index contributed by atoms with van der Waals surface area (Å²) in [5, 5.41) is 2.84. The summed E-state index contributed by atoms with van der Waals surface area (Å²) < 4.78 is 0. The Balaban J connectivity index is 2.39. The third-order valence-electron chi connectivity index (χ3n) is 3.06. The van der Waals surface area contributed by atoms with Crippen LogP contribution in [0.5, 0.6) is 0 Å². The fourth-order valence-corrected chi connectivity index (χ4v) is 1.80. The fourth-order valence-electron chi connectivity index (χ4n) is 1.80. The second-order valence-electron chi connectivity index (χ2n) is 4.08. The van der Waals surface area contributed by atoms with E-state index in [1.165, 1.54) is 0 Å². The van der Waals surface area contributed by atoms with Crippen LogP contribution >= 0.6 is 0 Å². The van der Waals surface area contributed by atoms with Crippen molar-refractivity contribution >= 4 is 5.91 Å². The Bertz CT molecular complexity index is 387. The number of aromatic nitrogens is 1. The Morgan fingerprint density at radius 3 is 3.13 bits per heavy atom. The smallest absolute Gasteiger partial charge is 0.253 e. The van der Waals surface area contributed by atoms with Crippen LogP contribution in [0.15, 0.2) is 12.3 Å². The number of hydrogen-bond donors (Lipinski definition) is 1. The van der Waals surface area contributed by atoms with E-state index in [9.17, 15) is 4.79 Å². The van der Waals surface area contributed by atoms with E-state index >= 15 is 0 Å². The molecule has 0 saturated carbocycles. The van der Waals surface area contributed by atoms with Crippen molar-refractivity contribution in [1.82, 2.24) is 10.3 Å². The minimum Gasteiger partial charge on any atom is -0.352 e. The highest BCUT2D eigenvalue weighted by molar-refractivity contribution is 5.96. The number of hydrogen-bond acceptors (Lipinski definition) is 2. The van der Waals surface area contributed by atoms with Gasteiger partial charge in [0.1, 0.15) is 0 Å². The molecule has 1 atom stereocenters. The average molecular weight is 204 g/mol. The number of carbonyl (C=O) groups excluding carboxylic acids is 1. The van der Waals surface area contributed by atoms with Crippen molar-refractivity contribution < 1.29 is 4.79 Å². The number of carbonyl (C=O) groups is 1. The molecule has 0 saturated heterocycles. The number of rotatable bonds is 2. The van der Waals surface area contributed by atoms with E-state index < -0.39 is 0 Å². The summed E-state index contributed by atoms with van der Waals surface area (Å²) in [6.45, 7) is 5.01. The highest BCUT2D eigenvalue weighted by atomic mass is 16.1. The first-order valence-electron chi connectivity index (χ1n) is 5.49. The zero-order valence-electron chi connectivity index (χ0n) is 9.21. The molecule has 1 aliphatic rings. The van der Waals surface area contributed by atoms with Gasteiger partial charge < -0.3 is 5.32 Å². The number of nitrogens with one attached hydrogen (secondary N) is 1. The van der Waals surface area contributed by atoms with E-state index in [1.807, 2.05) is 12.3 Å². The summed E-state index contributed by atoms with van der Waals surface area (Å²) in [4.78, 5) is 16.0. The monoisotopic (exact) mass is 204 g/mol. The molecular weight excluding hydrogens is 188 g/mol. The van der Waals surface area contributed by atoms with Crippen LogP contribution < -0.4 is 5.32 Å². The van der Waals surface area contributed by atoms with E-state index in [-0.39, 0.29) is 5.91 Å². The molecule has 1 amide bonds. The number of amides is 1. The van der Waals surface area contributed by atoms with Gasteiger partial charge in [-0.25, -0.2) is 0 Å². The van der Waals surface area contributed by atoms with Crippen molar-refractivity contribution in [2.45, 2.75) is 32.6 Å². The quantitative estimate of drug-likeness (QED) is 0.799. The number of pyridine rings is 1. The lowest BCUT2D eigenvalue weighted by Gasteiger charge is -2.17. The van der Waals surface area contributed by atoms with Gasteiger partial charge in [-0.05, 0) is 24.0 Å². The molecule has 0 aliphatic carbocycles. The van der Waals surface area contributed by atoms with Gasteiger partial charge in [-0.15, -0.1) is 0 Å². The van der Waals surface area contributed by atoms with Gasteiger partial charge in [0, 0.05) is 19.2 Å². The standard InChI is InChI=1S/C12H16N2O/c1-3-8(2)9-6-10-11(14-7-9)4-5-13-12(10)15/h6-8H,3-5H2,1-2H3,(H,13,15)/t8-/m1/s1. The predicted octanol–water partition coefficient (Wildman–Crippen LogP) is 1.88. The molecule has 0 unspecified atom stereocenters. The van der Waals surface area contributed by atoms with Crippen molar-refractivity contribution in [3.8, 4) is 0 Å². The molecule has 0 radical (unpaired) electrons. The number of nitrogens with zero attached hydrogens (tertiary/aromatic N) is 1. The van der Waals surface area contributed by atoms with Gasteiger partial charge in [0.15, 0.2) is 0 Å². The molecule has 0 fully saturated rings. The van der Waals surface area contributed by atoms with Gasteiger partial charge in [-0.2, -0.15) is 0 Å². The molecule has 2 heterocycles. The largest absolute Gasteiger partial charge is 0.352 e. The maximum Gasteiger partial charge on any atom is 0.253 e. The Hall–Kier alpha value is -1.38. The SMILES string of the molecule is CC[C@@H](C)c1cnc2c(c1)C(=O)NCC2. The average Bonchev–Trinajstić information content (AvgIpc) is 2.28. The molecule has 15 heavy (non-hydrogen) atoms. The van der Waals surface area contributed by atoms with Crippen LogP contribution in [0, 0.1) is 0 Å². The summed E-state index contributed by atoms with van der Waals surface area (Å²) in [6, 6.07) is 1.99. The van der Waals surface area contributed by atoms with Gasteiger partial charge in [0.2, 0.25) is 0 Å². The van der Waals surface area contributed by atoms with Crippen molar-refractivity contribution in [3.63, 3.8) is 0 Å². The van der Waals surface area contributed by atoms with Crippen LogP contribution in [-0.2, 0) is 6.42 Å². The van der Waals surface area contributed by atoms with Gasteiger partial charge >= 0.3 is 0 Å². The van der Waals surface area contributed by atoms with Gasteiger partial charge in [0.25, 0.3) is 5.91 Å². The van der Waals surface area contributed by atoms with Crippen molar-refractivity contribution in [2.75, 3.05) is 6.54 Å². The Labute approximate surface area is 89.9 Å². The van der Waals surface area contributed by atoms with E-state index in [0.29, 0.717) is 12.5 Å². The maximum atomic E-state index is 11.6. The van der Waals surface area contributed by atoms with E-state index in [4.69, 9.17) is 0 Å². The van der Waals surface area contributed by atoms with Crippen LogP contribution in [-0.4, -0.2) is 17.4 Å². The topological polar surface area (TPSA) is 42.0 Å². The first-order valence-corrected chi connectivity index (χ1v) is 5.49. The lowest BCUT2D eigenvalue weighted by atomic mass is 9.96. The molecule has 0 aromatic carbocycles. The molecule has 1 aromatic heterocycles. The maximum absolute atomic E-state index is 11.6. The molecule has 3 nitrogen and oxygen atoms in total. The Morgan fingerprint density at radius 1 is 1.60 bits per heavy atom. The zero-order chi connectivity index (χ0) is 10.8. The third kappa shape index (κ3) is 1.87. The zero-order valence-corrected chi connectivity index (χ0v) is 9.21. The van der Waals surface area contributed by atoms with Crippen LogP contribution in [0.2, 0.25) is 0 Å². The molecule has 0 spiro atoms. The van der Waals surface area contributed by atoms with Gasteiger partial charge in [0.05, 0.1) is 11.3 Å². The minimum atomic E-state index is 0.0221. The lowest BCUT2D eigenvalue weighted by molar-refractivity contribution is 0.0945. The molecule has 1 N–H and O–H groups in total.